The molecule has 0 aliphatic carbocycles. The molecule has 0 aliphatic heterocycles. The molecule has 0 saturated carbocycles. The number of amides is 1. The van der Waals surface area contributed by atoms with Crippen molar-refractivity contribution in [3.8, 4) is 0 Å². The minimum absolute atomic E-state index is 0.0725. The van der Waals surface area contributed by atoms with Crippen LogP contribution in [0.3, 0.4) is 0 Å². The number of aromatic nitrogens is 3. The lowest BCUT2D eigenvalue weighted by molar-refractivity contribution is 0.0929. The zero-order chi connectivity index (χ0) is 13.8. The van der Waals surface area contributed by atoms with Crippen LogP contribution >= 0.6 is 0 Å². The molecule has 0 fully saturated rings. The lowest BCUT2D eigenvalue weighted by Gasteiger charge is -2.13. The number of H-pyrrole nitrogens is 1. The van der Waals surface area contributed by atoms with Gasteiger partial charge in [0.1, 0.15) is 5.82 Å². The standard InChI is InChI=1S/C14H18N4O/c1-4-12-16-13(18-17-12)14(19)15-10(3)11-7-5-9(2)6-8-11/h5-8,10H,4H2,1-3H3,(H,15,19)(H,16,17,18). The third-order valence-electron chi connectivity index (χ3n) is 2.99. The van der Waals surface area contributed by atoms with E-state index in [9.17, 15) is 4.79 Å². The van der Waals surface area contributed by atoms with Crippen molar-refractivity contribution in [1.29, 1.82) is 0 Å². The Morgan fingerprint density at radius 3 is 2.63 bits per heavy atom. The molecule has 100 valence electrons. The second kappa shape index (κ2) is 5.65. The molecule has 5 heteroatoms. The monoisotopic (exact) mass is 258 g/mol. The number of benzene rings is 1. The molecular weight excluding hydrogens is 240 g/mol. The Bertz CT molecular complexity index is 559. The largest absolute Gasteiger partial charge is 0.343 e. The highest BCUT2D eigenvalue weighted by atomic mass is 16.2. The van der Waals surface area contributed by atoms with Gasteiger partial charge in [-0.2, -0.15) is 0 Å². The first-order valence-corrected chi connectivity index (χ1v) is 6.39. The molecule has 0 spiro atoms. The molecule has 0 saturated heterocycles. The number of aryl methyl sites for hydroxylation is 2. The van der Waals surface area contributed by atoms with Gasteiger partial charge in [0.15, 0.2) is 0 Å². The minimum atomic E-state index is -0.260. The molecule has 1 unspecified atom stereocenters. The number of nitrogens with one attached hydrogen (secondary N) is 2. The number of rotatable bonds is 4. The first-order chi connectivity index (χ1) is 9.10. The van der Waals surface area contributed by atoms with Crippen molar-refractivity contribution in [3.05, 3.63) is 47.0 Å². The smallest absolute Gasteiger partial charge is 0.291 e. The van der Waals surface area contributed by atoms with Gasteiger partial charge in [-0.15, -0.1) is 5.10 Å². The molecular formula is C14H18N4O. The summed E-state index contributed by atoms with van der Waals surface area (Å²) in [5.41, 5.74) is 2.26. The number of carbonyl (C=O) groups excluding carboxylic acids is 1. The van der Waals surface area contributed by atoms with Crippen molar-refractivity contribution in [3.63, 3.8) is 0 Å². The Morgan fingerprint density at radius 2 is 2.05 bits per heavy atom. The van der Waals surface area contributed by atoms with E-state index in [1.165, 1.54) is 5.56 Å². The topological polar surface area (TPSA) is 70.7 Å². The van der Waals surface area contributed by atoms with Crippen LogP contribution in [0.1, 0.15) is 47.5 Å². The SMILES string of the molecule is CCc1nc(C(=O)NC(C)c2ccc(C)cc2)n[nH]1. The van der Waals surface area contributed by atoms with Crippen LogP contribution in [-0.4, -0.2) is 21.1 Å². The summed E-state index contributed by atoms with van der Waals surface area (Å²) in [5.74, 6) is 0.646. The van der Waals surface area contributed by atoms with E-state index in [2.05, 4.69) is 20.5 Å². The van der Waals surface area contributed by atoms with E-state index in [0.29, 0.717) is 5.82 Å². The van der Waals surface area contributed by atoms with Gasteiger partial charge in [-0.1, -0.05) is 36.8 Å². The maximum absolute atomic E-state index is 12.0. The Kier molecular flexibility index (Phi) is 3.94. The van der Waals surface area contributed by atoms with Gasteiger partial charge in [0.2, 0.25) is 5.82 Å². The summed E-state index contributed by atoms with van der Waals surface area (Å²) in [6.45, 7) is 5.93. The van der Waals surface area contributed by atoms with E-state index in [0.717, 1.165) is 12.0 Å². The van der Waals surface area contributed by atoms with Gasteiger partial charge in [0, 0.05) is 6.42 Å². The zero-order valence-electron chi connectivity index (χ0n) is 11.4. The van der Waals surface area contributed by atoms with Crippen molar-refractivity contribution in [1.82, 2.24) is 20.5 Å². The second-order valence-corrected chi connectivity index (χ2v) is 4.57. The molecule has 5 nitrogen and oxygen atoms in total. The van der Waals surface area contributed by atoms with Gasteiger partial charge in [0.25, 0.3) is 5.91 Å². The molecule has 0 radical (unpaired) electrons. The molecule has 1 aromatic heterocycles. The Balaban J connectivity index is 2.04. The van der Waals surface area contributed by atoms with E-state index in [4.69, 9.17) is 0 Å². The highest BCUT2D eigenvalue weighted by molar-refractivity contribution is 5.90. The highest BCUT2D eigenvalue weighted by Gasteiger charge is 2.15. The van der Waals surface area contributed by atoms with E-state index < -0.39 is 0 Å². The van der Waals surface area contributed by atoms with Crippen LogP contribution in [0.4, 0.5) is 0 Å². The fourth-order valence-electron chi connectivity index (χ4n) is 1.75. The predicted molar refractivity (Wildman–Crippen MR) is 72.8 cm³/mol. The van der Waals surface area contributed by atoms with Crippen LogP contribution in [0.25, 0.3) is 0 Å². The summed E-state index contributed by atoms with van der Waals surface area (Å²) >= 11 is 0. The molecule has 0 bridgehead atoms. The Labute approximate surface area is 112 Å². The van der Waals surface area contributed by atoms with Gasteiger partial charge >= 0.3 is 0 Å². The van der Waals surface area contributed by atoms with Crippen molar-refractivity contribution in [2.24, 2.45) is 0 Å². The van der Waals surface area contributed by atoms with Gasteiger partial charge in [-0.05, 0) is 19.4 Å². The van der Waals surface area contributed by atoms with Crippen LogP contribution in [0.2, 0.25) is 0 Å². The van der Waals surface area contributed by atoms with Crippen molar-refractivity contribution in [2.75, 3.05) is 0 Å². The summed E-state index contributed by atoms with van der Waals surface area (Å²) in [4.78, 5) is 16.1. The molecule has 1 aromatic carbocycles. The zero-order valence-corrected chi connectivity index (χ0v) is 11.4. The van der Waals surface area contributed by atoms with Crippen LogP contribution < -0.4 is 5.32 Å². The van der Waals surface area contributed by atoms with E-state index in [-0.39, 0.29) is 17.8 Å². The second-order valence-electron chi connectivity index (χ2n) is 4.57. The van der Waals surface area contributed by atoms with Crippen LogP contribution in [-0.2, 0) is 6.42 Å². The molecule has 2 rings (SSSR count). The van der Waals surface area contributed by atoms with Crippen LogP contribution in [0.5, 0.6) is 0 Å². The summed E-state index contributed by atoms with van der Waals surface area (Å²) in [5, 5.41) is 9.52. The van der Waals surface area contributed by atoms with E-state index >= 15 is 0 Å². The number of nitrogens with zero attached hydrogens (tertiary/aromatic N) is 2. The summed E-state index contributed by atoms with van der Waals surface area (Å²) in [7, 11) is 0. The average molecular weight is 258 g/mol. The normalized spacial score (nSPS) is 12.2. The minimum Gasteiger partial charge on any atom is -0.343 e. The fraction of sp³-hybridized carbons (Fsp3) is 0.357. The molecule has 2 N–H and O–H groups in total. The lowest BCUT2D eigenvalue weighted by atomic mass is 10.1. The van der Waals surface area contributed by atoms with Gasteiger partial charge in [-0.3, -0.25) is 9.89 Å². The number of hydrogen-bond donors (Lipinski definition) is 2. The molecule has 2 aromatic rings. The van der Waals surface area contributed by atoms with Crippen molar-refractivity contribution < 1.29 is 4.79 Å². The van der Waals surface area contributed by atoms with E-state index in [1.807, 2.05) is 45.0 Å². The first-order valence-electron chi connectivity index (χ1n) is 6.39. The van der Waals surface area contributed by atoms with Gasteiger partial charge < -0.3 is 5.32 Å². The third kappa shape index (κ3) is 3.19. The quantitative estimate of drug-likeness (QED) is 0.883. The first kappa shape index (κ1) is 13.3. The summed E-state index contributed by atoms with van der Waals surface area (Å²) < 4.78 is 0. The summed E-state index contributed by atoms with van der Waals surface area (Å²) in [6.07, 6.45) is 0.730. The molecule has 1 heterocycles. The number of carbonyl (C=O) groups is 1. The molecule has 1 amide bonds. The molecule has 0 aliphatic rings. The molecule has 1 atom stereocenters. The van der Waals surface area contributed by atoms with Crippen molar-refractivity contribution in [2.45, 2.75) is 33.2 Å². The third-order valence-corrected chi connectivity index (χ3v) is 2.99. The van der Waals surface area contributed by atoms with Crippen LogP contribution in [0.15, 0.2) is 24.3 Å². The maximum Gasteiger partial charge on any atom is 0.291 e. The lowest BCUT2D eigenvalue weighted by Crippen LogP contribution is -2.27. The molecule has 19 heavy (non-hydrogen) atoms. The number of hydrogen-bond acceptors (Lipinski definition) is 3. The highest BCUT2D eigenvalue weighted by Crippen LogP contribution is 2.13. The summed E-state index contributed by atoms with van der Waals surface area (Å²) in [6, 6.07) is 8.00. The Morgan fingerprint density at radius 1 is 1.37 bits per heavy atom. The van der Waals surface area contributed by atoms with E-state index in [1.54, 1.807) is 0 Å². The van der Waals surface area contributed by atoms with Crippen LogP contribution in [0, 0.1) is 6.92 Å². The van der Waals surface area contributed by atoms with Gasteiger partial charge in [0.05, 0.1) is 6.04 Å². The average Bonchev–Trinajstić information content (AvgIpc) is 2.88. The fourth-order valence-corrected chi connectivity index (χ4v) is 1.75. The van der Waals surface area contributed by atoms with Crippen molar-refractivity contribution >= 4 is 5.91 Å². The maximum atomic E-state index is 12.0. The Hall–Kier alpha value is -2.17. The predicted octanol–water partition coefficient (Wildman–Crippen LogP) is 2.17. The number of aromatic amines is 1. The van der Waals surface area contributed by atoms with Gasteiger partial charge in [-0.25, -0.2) is 4.98 Å².